The Morgan fingerprint density at radius 1 is 0.206 bits per heavy atom. The molecule has 0 bridgehead atoms. The number of para-hydroxylation sites is 5. The van der Waals surface area contributed by atoms with Crippen LogP contribution in [0.15, 0.2) is 237 Å². The van der Waals surface area contributed by atoms with Crippen LogP contribution in [-0.4, -0.2) is 13.7 Å². The molecule has 0 radical (unpaired) electrons. The molecular weight excluding hydrogens is 763 g/mol. The highest BCUT2D eigenvalue weighted by atomic mass is 15.1. The van der Waals surface area contributed by atoms with E-state index in [0.717, 1.165) is 28.1 Å². The molecule has 0 amide bonds. The van der Waals surface area contributed by atoms with E-state index in [2.05, 4.69) is 250 Å². The Morgan fingerprint density at radius 3 is 1.24 bits per heavy atom. The van der Waals surface area contributed by atoms with E-state index in [1.54, 1.807) is 0 Å². The fourth-order valence-corrected chi connectivity index (χ4v) is 10.2. The largest absolute Gasteiger partial charge is 0.309 e. The number of rotatable bonds is 6. The molecule has 0 atom stereocenters. The molecule has 3 heterocycles. The molecule has 13 rings (SSSR count). The van der Waals surface area contributed by atoms with Gasteiger partial charge in [0.25, 0.3) is 0 Å². The van der Waals surface area contributed by atoms with Gasteiger partial charge in [-0.25, -0.2) is 0 Å². The lowest BCUT2D eigenvalue weighted by molar-refractivity contribution is 1.13. The summed E-state index contributed by atoms with van der Waals surface area (Å²) in [6.45, 7) is 0. The highest BCUT2D eigenvalue weighted by molar-refractivity contribution is 6.16. The zero-order valence-corrected chi connectivity index (χ0v) is 34.4. The van der Waals surface area contributed by atoms with Gasteiger partial charge in [-0.05, 0) is 100 Å². The SMILES string of the molecule is c1ccc(-c2cccc(-c3cc(-c4ccccc4)cc(-n4c5ccccc5c5cccc(-n6c7ccccc7c7ccc(-n8c9ccccc9c9ccccc98)cc76)c54)c3)c2)cc1. The van der Waals surface area contributed by atoms with Gasteiger partial charge >= 0.3 is 0 Å². The van der Waals surface area contributed by atoms with Crippen molar-refractivity contribution in [3.63, 3.8) is 0 Å². The maximum Gasteiger partial charge on any atom is 0.0782 e. The van der Waals surface area contributed by atoms with Crippen LogP contribution in [0.1, 0.15) is 0 Å². The second-order valence-electron chi connectivity index (χ2n) is 16.5. The van der Waals surface area contributed by atoms with E-state index in [-0.39, 0.29) is 0 Å². The smallest absolute Gasteiger partial charge is 0.0782 e. The molecule has 0 saturated heterocycles. The Labute approximate surface area is 364 Å². The molecule has 10 aromatic carbocycles. The summed E-state index contributed by atoms with van der Waals surface area (Å²) in [5, 5.41) is 7.40. The molecule has 0 aliphatic carbocycles. The first-order valence-electron chi connectivity index (χ1n) is 21.7. The van der Waals surface area contributed by atoms with Crippen LogP contribution in [0, 0.1) is 0 Å². The van der Waals surface area contributed by atoms with E-state index in [1.165, 1.54) is 87.8 Å². The van der Waals surface area contributed by atoms with Crippen LogP contribution in [0.5, 0.6) is 0 Å². The maximum atomic E-state index is 2.51. The van der Waals surface area contributed by atoms with Gasteiger partial charge in [-0.3, -0.25) is 0 Å². The van der Waals surface area contributed by atoms with Crippen molar-refractivity contribution in [1.82, 2.24) is 13.7 Å². The van der Waals surface area contributed by atoms with Crippen LogP contribution in [0.4, 0.5) is 0 Å². The third-order valence-corrected chi connectivity index (χ3v) is 13.0. The minimum absolute atomic E-state index is 1.11. The zero-order chi connectivity index (χ0) is 41.4. The standard InChI is InChI=1S/C60H39N3/c1-3-17-40(18-4-1)42-21-15-22-43(35-42)45-36-44(41-19-5-2-6-20-41)37-47(38-45)62-56-30-13-10-26-51(56)53-27-16-32-58(60(53)62)63-57-31-14-9-25-50(57)52-34-33-46(39-59(52)63)61-54-28-11-7-23-48(54)49-24-8-12-29-55(49)61/h1-39H. The number of nitrogens with zero attached hydrogens (tertiary/aromatic N) is 3. The molecule has 3 aromatic heterocycles. The molecule has 0 spiro atoms. The van der Waals surface area contributed by atoms with Crippen LogP contribution >= 0.6 is 0 Å². The molecular formula is C60H39N3. The molecule has 0 aliphatic heterocycles. The molecule has 63 heavy (non-hydrogen) atoms. The van der Waals surface area contributed by atoms with E-state index in [1.807, 2.05) is 0 Å². The lowest BCUT2D eigenvalue weighted by Crippen LogP contribution is -2.02. The summed E-state index contributed by atoms with van der Waals surface area (Å²) >= 11 is 0. The third kappa shape index (κ3) is 5.53. The monoisotopic (exact) mass is 801 g/mol. The number of fused-ring (bicyclic) bond motifs is 9. The predicted molar refractivity (Wildman–Crippen MR) is 266 cm³/mol. The highest BCUT2D eigenvalue weighted by Gasteiger charge is 2.22. The number of hydrogen-bond donors (Lipinski definition) is 0. The Hall–Kier alpha value is -8.40. The topological polar surface area (TPSA) is 14.8 Å². The number of hydrogen-bond acceptors (Lipinski definition) is 0. The van der Waals surface area contributed by atoms with E-state index in [0.29, 0.717) is 0 Å². The molecule has 13 aromatic rings. The summed E-state index contributed by atoms with van der Waals surface area (Å²) < 4.78 is 7.44. The third-order valence-electron chi connectivity index (χ3n) is 13.0. The van der Waals surface area contributed by atoms with Crippen molar-refractivity contribution in [3.05, 3.63) is 237 Å². The van der Waals surface area contributed by atoms with Gasteiger partial charge in [-0.2, -0.15) is 0 Å². The van der Waals surface area contributed by atoms with Crippen molar-refractivity contribution in [1.29, 1.82) is 0 Å². The van der Waals surface area contributed by atoms with Crippen molar-refractivity contribution < 1.29 is 0 Å². The van der Waals surface area contributed by atoms with Gasteiger partial charge in [-0.1, -0.05) is 170 Å². The van der Waals surface area contributed by atoms with E-state index in [4.69, 9.17) is 0 Å². The average molecular weight is 802 g/mol. The lowest BCUT2D eigenvalue weighted by atomic mass is 9.95. The first-order chi connectivity index (χ1) is 31.3. The molecule has 0 aliphatic rings. The zero-order valence-electron chi connectivity index (χ0n) is 34.4. The van der Waals surface area contributed by atoms with Gasteiger partial charge in [0.1, 0.15) is 0 Å². The summed E-state index contributed by atoms with van der Waals surface area (Å²) in [6, 6.07) is 86.6. The predicted octanol–water partition coefficient (Wildman–Crippen LogP) is 16.0. The first kappa shape index (κ1) is 35.4. The summed E-state index contributed by atoms with van der Waals surface area (Å²) in [4.78, 5) is 0. The molecule has 0 N–H and O–H groups in total. The molecule has 294 valence electrons. The molecule has 3 nitrogen and oxygen atoms in total. The van der Waals surface area contributed by atoms with E-state index in [9.17, 15) is 0 Å². The number of aromatic nitrogens is 3. The fraction of sp³-hybridized carbons (Fsp3) is 0. The minimum Gasteiger partial charge on any atom is -0.309 e. The Kier molecular flexibility index (Phi) is 7.91. The Balaban J connectivity index is 1.11. The van der Waals surface area contributed by atoms with Crippen molar-refractivity contribution in [2.24, 2.45) is 0 Å². The summed E-state index contributed by atoms with van der Waals surface area (Å²) in [5.41, 5.74) is 17.6. The van der Waals surface area contributed by atoms with Crippen LogP contribution in [0.2, 0.25) is 0 Å². The fourth-order valence-electron chi connectivity index (χ4n) is 10.2. The second kappa shape index (κ2) is 14.1. The second-order valence-corrected chi connectivity index (χ2v) is 16.5. The quantitative estimate of drug-likeness (QED) is 0.159. The van der Waals surface area contributed by atoms with Crippen LogP contribution in [-0.2, 0) is 0 Å². The lowest BCUT2D eigenvalue weighted by Gasteiger charge is -2.17. The van der Waals surface area contributed by atoms with Gasteiger partial charge in [0.05, 0.1) is 38.8 Å². The van der Waals surface area contributed by atoms with Crippen molar-refractivity contribution in [3.8, 4) is 50.4 Å². The summed E-state index contributed by atoms with van der Waals surface area (Å²) in [6.07, 6.45) is 0. The van der Waals surface area contributed by atoms with Crippen LogP contribution in [0.25, 0.3) is 116 Å². The highest BCUT2D eigenvalue weighted by Crippen LogP contribution is 2.42. The van der Waals surface area contributed by atoms with Crippen molar-refractivity contribution in [2.45, 2.75) is 0 Å². The normalized spacial score (nSPS) is 11.8. The Morgan fingerprint density at radius 2 is 0.619 bits per heavy atom. The van der Waals surface area contributed by atoms with Crippen LogP contribution in [0.3, 0.4) is 0 Å². The Bertz CT molecular complexity index is 3850. The molecule has 0 unspecified atom stereocenters. The van der Waals surface area contributed by atoms with Crippen molar-refractivity contribution >= 4 is 65.4 Å². The van der Waals surface area contributed by atoms with E-state index >= 15 is 0 Å². The van der Waals surface area contributed by atoms with Gasteiger partial charge in [0.2, 0.25) is 0 Å². The average Bonchev–Trinajstić information content (AvgIpc) is 4.00. The number of benzene rings is 10. The summed E-state index contributed by atoms with van der Waals surface area (Å²) in [5.74, 6) is 0. The van der Waals surface area contributed by atoms with Gasteiger partial charge in [0.15, 0.2) is 0 Å². The summed E-state index contributed by atoms with van der Waals surface area (Å²) in [7, 11) is 0. The first-order valence-corrected chi connectivity index (χ1v) is 21.7. The van der Waals surface area contributed by atoms with Crippen molar-refractivity contribution in [2.75, 3.05) is 0 Å². The van der Waals surface area contributed by atoms with Gasteiger partial charge in [-0.15, -0.1) is 0 Å². The maximum absolute atomic E-state index is 2.51. The van der Waals surface area contributed by atoms with Gasteiger partial charge < -0.3 is 13.7 Å². The molecule has 0 fully saturated rings. The molecule has 0 saturated carbocycles. The van der Waals surface area contributed by atoms with Gasteiger partial charge in [0, 0.05) is 43.7 Å². The molecule has 3 heteroatoms. The van der Waals surface area contributed by atoms with Crippen LogP contribution < -0.4 is 0 Å². The minimum atomic E-state index is 1.11. The van der Waals surface area contributed by atoms with E-state index < -0.39 is 0 Å².